The number of carbonyl (C=O) groups is 1. The zero-order valence-corrected chi connectivity index (χ0v) is 19.9. The summed E-state index contributed by atoms with van der Waals surface area (Å²) in [4.78, 5) is 22.9. The molecule has 5 rings (SSSR count). The molecule has 12 heteroatoms. The Balaban J connectivity index is 1.44. The number of thiazole rings is 1. The van der Waals surface area contributed by atoms with E-state index in [9.17, 15) is 18.0 Å². The average Bonchev–Trinajstić information content (AvgIpc) is 3.63. The predicted molar refractivity (Wildman–Crippen MR) is 126 cm³/mol. The van der Waals surface area contributed by atoms with Crippen LogP contribution in [0.15, 0.2) is 59.3 Å². The van der Waals surface area contributed by atoms with E-state index in [1.54, 1.807) is 45.4 Å². The zero-order valence-electron chi connectivity index (χ0n) is 18.3. The number of hydrogen-bond acceptors (Lipinski definition) is 7. The lowest BCUT2D eigenvalue weighted by Gasteiger charge is -2.13. The van der Waals surface area contributed by atoms with Crippen molar-refractivity contribution in [3.8, 4) is 17.1 Å². The summed E-state index contributed by atoms with van der Waals surface area (Å²) >= 11 is 2.67. The molecule has 3 aromatic heterocycles. The minimum atomic E-state index is -4.48. The van der Waals surface area contributed by atoms with Crippen LogP contribution in [-0.2, 0) is 11.9 Å². The van der Waals surface area contributed by atoms with Crippen LogP contribution < -0.4 is 0 Å². The van der Waals surface area contributed by atoms with Gasteiger partial charge in [-0.3, -0.25) is 14.3 Å². The molecule has 0 atom stereocenters. The molecule has 0 saturated carbocycles. The van der Waals surface area contributed by atoms with Crippen LogP contribution in [0.25, 0.3) is 17.1 Å². The Morgan fingerprint density at radius 2 is 1.86 bits per heavy atom. The first-order valence-corrected chi connectivity index (χ1v) is 12.7. The normalized spacial score (nSPS) is 14.0. The molecule has 1 aliphatic heterocycles. The Morgan fingerprint density at radius 3 is 2.60 bits per heavy atom. The van der Waals surface area contributed by atoms with E-state index >= 15 is 0 Å². The van der Waals surface area contributed by atoms with Gasteiger partial charge >= 0.3 is 6.18 Å². The van der Waals surface area contributed by atoms with E-state index in [0.29, 0.717) is 33.7 Å². The van der Waals surface area contributed by atoms with Crippen LogP contribution in [0.2, 0.25) is 0 Å². The summed E-state index contributed by atoms with van der Waals surface area (Å²) in [5.41, 5.74) is 0.627. The Morgan fingerprint density at radius 1 is 1.09 bits per heavy atom. The summed E-state index contributed by atoms with van der Waals surface area (Å²) in [5.74, 6) is 0.728. The number of nitrogens with zero attached hydrogens (tertiary/aromatic N) is 6. The van der Waals surface area contributed by atoms with Crippen molar-refractivity contribution in [2.24, 2.45) is 0 Å². The molecule has 1 fully saturated rings. The number of benzene rings is 1. The molecule has 4 heterocycles. The van der Waals surface area contributed by atoms with Crippen molar-refractivity contribution in [2.45, 2.75) is 29.9 Å². The number of halogens is 3. The van der Waals surface area contributed by atoms with E-state index in [0.717, 1.165) is 43.1 Å². The molecule has 0 aliphatic carbocycles. The number of rotatable bonds is 6. The molecule has 0 N–H and O–H groups in total. The SMILES string of the molecule is O=C(c1csc(CSc2nnc(-c3ccncc3)n2-c2cccc(C(F)(F)F)c2)n1)N1CCCC1. The molecular weight excluding hydrogens is 497 g/mol. The minimum absolute atomic E-state index is 0.0675. The Labute approximate surface area is 207 Å². The number of pyridine rings is 1. The van der Waals surface area contributed by atoms with Gasteiger partial charge in [-0.15, -0.1) is 21.5 Å². The van der Waals surface area contributed by atoms with Gasteiger partial charge in [-0.1, -0.05) is 17.8 Å². The van der Waals surface area contributed by atoms with Gasteiger partial charge < -0.3 is 4.90 Å². The highest BCUT2D eigenvalue weighted by Gasteiger charge is 2.31. The summed E-state index contributed by atoms with van der Waals surface area (Å²) < 4.78 is 41.8. The topological polar surface area (TPSA) is 76.8 Å². The van der Waals surface area contributed by atoms with Crippen LogP contribution in [0.1, 0.15) is 33.9 Å². The number of alkyl halides is 3. The standard InChI is InChI=1S/C23H19F3N6OS2/c24-23(25,26)16-4-3-5-17(12-16)32-20(15-6-8-27-9-7-15)29-30-22(32)35-14-19-28-18(13-34-19)21(33)31-10-1-2-11-31/h3-9,12-13H,1-2,10-11,14H2. The van der Waals surface area contributed by atoms with E-state index in [1.165, 1.54) is 29.2 Å². The molecule has 1 saturated heterocycles. The van der Waals surface area contributed by atoms with Crippen molar-refractivity contribution in [1.29, 1.82) is 0 Å². The minimum Gasteiger partial charge on any atom is -0.337 e. The van der Waals surface area contributed by atoms with Gasteiger partial charge in [-0.25, -0.2) is 4.98 Å². The van der Waals surface area contributed by atoms with Crippen LogP contribution in [0, 0.1) is 0 Å². The summed E-state index contributed by atoms with van der Waals surface area (Å²) in [6, 6.07) is 8.50. The van der Waals surface area contributed by atoms with E-state index in [-0.39, 0.29) is 5.91 Å². The van der Waals surface area contributed by atoms with Gasteiger partial charge in [0.2, 0.25) is 0 Å². The first-order valence-electron chi connectivity index (χ1n) is 10.8. The number of aromatic nitrogens is 5. The third-order valence-corrected chi connectivity index (χ3v) is 7.46. The first-order chi connectivity index (χ1) is 16.9. The third-order valence-electron chi connectivity index (χ3n) is 5.49. The lowest BCUT2D eigenvalue weighted by Crippen LogP contribution is -2.27. The third kappa shape index (κ3) is 5.08. The molecule has 0 unspecified atom stereocenters. The highest BCUT2D eigenvalue weighted by Crippen LogP contribution is 2.34. The van der Waals surface area contributed by atoms with Gasteiger partial charge in [-0.2, -0.15) is 13.2 Å². The maximum absolute atomic E-state index is 13.4. The fourth-order valence-electron chi connectivity index (χ4n) is 3.79. The van der Waals surface area contributed by atoms with E-state index in [4.69, 9.17) is 0 Å². The summed E-state index contributed by atoms with van der Waals surface area (Å²) in [6.07, 6.45) is 0.698. The van der Waals surface area contributed by atoms with E-state index in [2.05, 4.69) is 20.2 Å². The van der Waals surface area contributed by atoms with Crippen LogP contribution in [0.4, 0.5) is 13.2 Å². The molecule has 1 amide bonds. The Bertz CT molecular complexity index is 1330. The summed E-state index contributed by atoms with van der Waals surface area (Å²) in [5, 5.41) is 11.4. The largest absolute Gasteiger partial charge is 0.416 e. The number of thioether (sulfide) groups is 1. The highest BCUT2D eigenvalue weighted by atomic mass is 32.2. The second kappa shape index (κ2) is 9.78. The molecule has 35 heavy (non-hydrogen) atoms. The number of hydrogen-bond donors (Lipinski definition) is 0. The van der Waals surface area contributed by atoms with Crippen molar-refractivity contribution < 1.29 is 18.0 Å². The van der Waals surface area contributed by atoms with Crippen molar-refractivity contribution in [3.05, 3.63) is 70.4 Å². The fourth-order valence-corrected chi connectivity index (χ4v) is 5.53. The lowest BCUT2D eigenvalue weighted by molar-refractivity contribution is -0.137. The van der Waals surface area contributed by atoms with Crippen molar-refractivity contribution in [2.75, 3.05) is 13.1 Å². The van der Waals surface area contributed by atoms with Gasteiger partial charge in [0.25, 0.3) is 5.91 Å². The number of amides is 1. The highest BCUT2D eigenvalue weighted by molar-refractivity contribution is 7.98. The Kier molecular flexibility index (Phi) is 6.56. The van der Waals surface area contributed by atoms with Crippen LogP contribution in [-0.4, -0.2) is 48.6 Å². The van der Waals surface area contributed by atoms with Crippen LogP contribution in [0.3, 0.4) is 0 Å². The molecule has 7 nitrogen and oxygen atoms in total. The summed E-state index contributed by atoms with van der Waals surface area (Å²) in [6.45, 7) is 1.50. The molecule has 180 valence electrons. The molecule has 1 aliphatic rings. The predicted octanol–water partition coefficient (Wildman–Crippen LogP) is 5.33. The van der Waals surface area contributed by atoms with Gasteiger partial charge in [0.1, 0.15) is 10.7 Å². The van der Waals surface area contributed by atoms with Gasteiger partial charge in [0.05, 0.1) is 17.0 Å². The molecule has 0 spiro atoms. The van der Waals surface area contributed by atoms with Gasteiger partial charge in [-0.05, 0) is 43.2 Å². The molecule has 0 radical (unpaired) electrons. The average molecular weight is 517 g/mol. The van der Waals surface area contributed by atoms with Crippen LogP contribution in [0.5, 0.6) is 0 Å². The van der Waals surface area contributed by atoms with Crippen LogP contribution >= 0.6 is 23.1 Å². The van der Waals surface area contributed by atoms with Crippen molar-refractivity contribution in [1.82, 2.24) is 29.6 Å². The molecule has 0 bridgehead atoms. The quantitative estimate of drug-likeness (QED) is 0.322. The monoisotopic (exact) mass is 516 g/mol. The van der Waals surface area contributed by atoms with Gasteiger partial charge in [0.15, 0.2) is 11.0 Å². The second-order valence-electron chi connectivity index (χ2n) is 7.84. The smallest absolute Gasteiger partial charge is 0.337 e. The van der Waals surface area contributed by atoms with Crippen molar-refractivity contribution >= 4 is 29.0 Å². The van der Waals surface area contributed by atoms with E-state index < -0.39 is 11.7 Å². The number of carbonyl (C=O) groups excluding carboxylic acids is 1. The first kappa shape index (κ1) is 23.5. The second-order valence-corrected chi connectivity index (χ2v) is 9.73. The molecule has 1 aromatic carbocycles. The number of likely N-dealkylation sites (tertiary alicyclic amines) is 1. The van der Waals surface area contributed by atoms with Crippen molar-refractivity contribution in [3.63, 3.8) is 0 Å². The van der Waals surface area contributed by atoms with E-state index in [1.807, 2.05) is 0 Å². The lowest BCUT2D eigenvalue weighted by atomic mass is 10.2. The maximum Gasteiger partial charge on any atom is 0.416 e. The fraction of sp³-hybridized carbons (Fsp3) is 0.261. The van der Waals surface area contributed by atoms with Gasteiger partial charge in [0, 0.05) is 36.4 Å². The maximum atomic E-state index is 13.4. The Hall–Kier alpha value is -3.25. The summed E-state index contributed by atoms with van der Waals surface area (Å²) in [7, 11) is 0. The zero-order chi connectivity index (χ0) is 24.4. The molecular formula is C23H19F3N6OS2. The molecule has 4 aromatic rings.